The summed E-state index contributed by atoms with van der Waals surface area (Å²) in [5.41, 5.74) is 15.5. The van der Waals surface area contributed by atoms with E-state index in [9.17, 15) is 5.26 Å². The Labute approximate surface area is 493 Å². The molecule has 0 aliphatic heterocycles. The van der Waals surface area contributed by atoms with E-state index in [2.05, 4.69) is 114 Å². The first-order valence-electron chi connectivity index (χ1n) is 28.3. The molecule has 0 saturated carbocycles. The molecule has 3 aromatic heterocycles. The molecule has 406 valence electrons. The Morgan fingerprint density at radius 3 is 1.08 bits per heavy atom. The minimum Gasteiger partial charge on any atom is -0.308 e. The summed E-state index contributed by atoms with van der Waals surface area (Å²) in [6.07, 6.45) is -4.70. The lowest BCUT2D eigenvalue weighted by Gasteiger charge is -2.19. The van der Waals surface area contributed by atoms with Gasteiger partial charge >= 0.3 is 6.18 Å². The molecule has 0 aliphatic rings. The Kier molecular flexibility index (Phi) is 12.6. The highest BCUT2D eigenvalue weighted by Gasteiger charge is 2.33. The maximum atomic E-state index is 15.4. The Morgan fingerprint density at radius 1 is 0.291 bits per heavy atom. The molecule has 12 aromatic carbocycles. The van der Waals surface area contributed by atoms with Crippen molar-refractivity contribution >= 4 is 43.6 Å². The van der Waals surface area contributed by atoms with Crippen LogP contribution in [0.3, 0.4) is 0 Å². The molecular formula is C77H47F3N6. The summed E-state index contributed by atoms with van der Waals surface area (Å²) >= 11 is 0. The second-order valence-electron chi connectivity index (χ2n) is 21.4. The van der Waals surface area contributed by atoms with Crippen LogP contribution in [0.4, 0.5) is 13.2 Å². The molecule has 15 aromatic rings. The lowest BCUT2D eigenvalue weighted by molar-refractivity contribution is -0.137. The Balaban J connectivity index is 1.01. The third-order valence-corrected chi connectivity index (χ3v) is 16.2. The van der Waals surface area contributed by atoms with Crippen LogP contribution < -0.4 is 0 Å². The van der Waals surface area contributed by atoms with Crippen molar-refractivity contribution in [2.24, 2.45) is 0 Å². The zero-order valence-electron chi connectivity index (χ0n) is 46.0. The largest absolute Gasteiger partial charge is 0.416 e. The van der Waals surface area contributed by atoms with Crippen molar-refractivity contribution in [3.8, 4) is 107 Å². The van der Waals surface area contributed by atoms with Gasteiger partial charge in [0.25, 0.3) is 0 Å². The second kappa shape index (κ2) is 21.1. The molecule has 0 unspecified atom stereocenters. The summed E-state index contributed by atoms with van der Waals surface area (Å²) in [5.74, 6) is 0.773. The van der Waals surface area contributed by atoms with E-state index in [4.69, 9.17) is 15.0 Å². The fourth-order valence-corrected chi connectivity index (χ4v) is 12.1. The van der Waals surface area contributed by atoms with Gasteiger partial charge in [-0.25, -0.2) is 15.0 Å². The van der Waals surface area contributed by atoms with Crippen molar-refractivity contribution < 1.29 is 13.2 Å². The summed E-state index contributed by atoms with van der Waals surface area (Å²) in [6, 6.07) is 95.6. The smallest absolute Gasteiger partial charge is 0.308 e. The summed E-state index contributed by atoms with van der Waals surface area (Å²) in [6.45, 7) is 0. The van der Waals surface area contributed by atoms with E-state index < -0.39 is 11.7 Å². The molecule has 0 amide bonds. The highest BCUT2D eigenvalue weighted by molar-refractivity contribution is 6.13. The number of fused-ring (bicyclic) bond motifs is 6. The molecule has 3 heterocycles. The first-order valence-corrected chi connectivity index (χ1v) is 28.3. The van der Waals surface area contributed by atoms with Gasteiger partial charge in [0.2, 0.25) is 0 Å². The zero-order valence-corrected chi connectivity index (χ0v) is 46.0. The molecule has 86 heavy (non-hydrogen) atoms. The van der Waals surface area contributed by atoms with Crippen LogP contribution in [0, 0.1) is 11.3 Å². The maximum absolute atomic E-state index is 15.4. The third-order valence-electron chi connectivity index (χ3n) is 16.2. The van der Waals surface area contributed by atoms with E-state index >= 15 is 13.2 Å². The van der Waals surface area contributed by atoms with E-state index in [1.807, 2.05) is 162 Å². The van der Waals surface area contributed by atoms with E-state index in [0.29, 0.717) is 39.1 Å². The minimum atomic E-state index is -4.70. The van der Waals surface area contributed by atoms with E-state index in [-0.39, 0.29) is 17.3 Å². The molecule has 0 radical (unpaired) electrons. The number of halogens is 3. The standard InChI is InChI=1S/C77H47F3N6/c78-77(79,80)61-34-35-62(73(47-61)86-70-38-31-58(52-22-10-3-11-23-52)44-65(70)66-45-59(32-39-71(66)86)53-24-12-4-13-25-53)75-82-74(54-26-14-5-15-27-54)83-76(84-75)67-46-60(55-28-16-17-49(41-55)48-81)33-40-72(67)85-68-36-29-56(50-18-6-1-7-19-50)42-63(68)64-43-57(30-37-69(64)85)51-20-8-2-9-21-51/h1-47H. The molecule has 6 nitrogen and oxygen atoms in total. The van der Waals surface area contributed by atoms with Gasteiger partial charge < -0.3 is 9.13 Å². The quantitative estimate of drug-likeness (QED) is 0.137. The van der Waals surface area contributed by atoms with Gasteiger partial charge in [0.1, 0.15) is 0 Å². The van der Waals surface area contributed by atoms with Gasteiger partial charge in [0.05, 0.1) is 50.6 Å². The fraction of sp³-hybridized carbons (Fsp3) is 0.0130. The predicted molar refractivity (Wildman–Crippen MR) is 342 cm³/mol. The predicted octanol–water partition coefficient (Wildman–Crippen LogP) is 20.3. The van der Waals surface area contributed by atoms with Gasteiger partial charge in [-0.3, -0.25) is 0 Å². The number of nitrogens with zero attached hydrogens (tertiary/aromatic N) is 6. The van der Waals surface area contributed by atoms with Gasteiger partial charge in [-0.15, -0.1) is 0 Å². The number of hydrogen-bond donors (Lipinski definition) is 0. The van der Waals surface area contributed by atoms with Crippen molar-refractivity contribution in [3.63, 3.8) is 0 Å². The first kappa shape index (κ1) is 51.4. The van der Waals surface area contributed by atoms with Gasteiger partial charge in [-0.2, -0.15) is 18.4 Å². The Hall–Kier alpha value is -11.5. The topological polar surface area (TPSA) is 72.3 Å². The van der Waals surface area contributed by atoms with Gasteiger partial charge in [0, 0.05) is 38.2 Å². The lowest BCUT2D eigenvalue weighted by Crippen LogP contribution is -2.09. The maximum Gasteiger partial charge on any atom is 0.416 e. The average Bonchev–Trinajstić information content (AvgIpc) is 1.82. The zero-order chi connectivity index (χ0) is 57.9. The van der Waals surface area contributed by atoms with Crippen molar-refractivity contribution in [2.75, 3.05) is 0 Å². The van der Waals surface area contributed by atoms with Crippen LogP contribution in [0.2, 0.25) is 0 Å². The Morgan fingerprint density at radius 2 is 0.651 bits per heavy atom. The summed E-state index contributed by atoms with van der Waals surface area (Å²) in [5, 5.41) is 13.9. The van der Waals surface area contributed by atoms with Crippen molar-refractivity contribution in [3.05, 3.63) is 296 Å². The van der Waals surface area contributed by atoms with Gasteiger partial charge in [0.15, 0.2) is 17.5 Å². The minimum absolute atomic E-state index is 0.166. The number of aromatic nitrogens is 5. The van der Waals surface area contributed by atoms with E-state index in [0.717, 1.165) is 100.0 Å². The Bertz CT molecular complexity index is 4950. The summed E-state index contributed by atoms with van der Waals surface area (Å²) in [7, 11) is 0. The number of alkyl halides is 3. The molecular weight excluding hydrogens is 1070 g/mol. The van der Waals surface area contributed by atoms with Crippen LogP contribution in [-0.2, 0) is 6.18 Å². The molecule has 15 rings (SSSR count). The van der Waals surface area contributed by atoms with Gasteiger partial charge in [-0.1, -0.05) is 194 Å². The van der Waals surface area contributed by atoms with Crippen LogP contribution in [0.5, 0.6) is 0 Å². The van der Waals surface area contributed by atoms with Crippen LogP contribution in [-0.4, -0.2) is 24.1 Å². The number of benzene rings is 12. The highest BCUT2D eigenvalue weighted by atomic mass is 19.4. The molecule has 0 saturated heterocycles. The van der Waals surface area contributed by atoms with Crippen LogP contribution in [0.1, 0.15) is 11.1 Å². The molecule has 0 N–H and O–H groups in total. The molecule has 0 fully saturated rings. The molecule has 0 spiro atoms. The van der Waals surface area contributed by atoms with E-state index in [1.165, 1.54) is 12.1 Å². The van der Waals surface area contributed by atoms with Crippen LogP contribution in [0.15, 0.2) is 285 Å². The fourth-order valence-electron chi connectivity index (χ4n) is 12.1. The second-order valence-corrected chi connectivity index (χ2v) is 21.4. The van der Waals surface area contributed by atoms with Crippen molar-refractivity contribution in [2.45, 2.75) is 6.18 Å². The molecule has 0 atom stereocenters. The highest BCUT2D eigenvalue weighted by Crippen LogP contribution is 2.45. The van der Waals surface area contributed by atoms with E-state index in [1.54, 1.807) is 6.07 Å². The number of hydrogen-bond acceptors (Lipinski definition) is 4. The summed E-state index contributed by atoms with van der Waals surface area (Å²) in [4.78, 5) is 16.1. The number of rotatable bonds is 10. The average molecular weight is 1110 g/mol. The normalized spacial score (nSPS) is 11.7. The monoisotopic (exact) mass is 1110 g/mol. The SMILES string of the molecule is N#Cc1cccc(-c2ccc(-n3c4ccc(-c5ccccc5)cc4c4cc(-c5ccccc5)ccc43)c(-c3nc(-c4ccccc4)nc(-c4ccc(C(F)(F)F)cc4-n4c5ccc(-c6ccccc6)cc5c5cc(-c6ccccc6)ccc54)n3)c2)c1. The van der Waals surface area contributed by atoms with Crippen molar-refractivity contribution in [1.29, 1.82) is 5.26 Å². The summed E-state index contributed by atoms with van der Waals surface area (Å²) < 4.78 is 50.4. The van der Waals surface area contributed by atoms with Crippen molar-refractivity contribution in [1.82, 2.24) is 24.1 Å². The molecule has 9 heteroatoms. The number of nitriles is 1. The lowest BCUT2D eigenvalue weighted by atomic mass is 9.99. The molecule has 0 bridgehead atoms. The van der Waals surface area contributed by atoms with Gasteiger partial charge in [-0.05, 0) is 147 Å². The molecule has 0 aliphatic carbocycles. The first-order chi connectivity index (χ1) is 42.2. The third kappa shape index (κ3) is 9.23. The van der Waals surface area contributed by atoms with Crippen LogP contribution in [0.25, 0.3) is 145 Å². The van der Waals surface area contributed by atoms with Crippen LogP contribution >= 0.6 is 0 Å².